The van der Waals surface area contributed by atoms with Gasteiger partial charge in [0.05, 0.1) is 6.21 Å². The minimum Gasteiger partial charge on any atom is -1.00 e. The van der Waals surface area contributed by atoms with E-state index in [9.17, 15) is 4.79 Å². The van der Waals surface area contributed by atoms with Crippen LogP contribution in [0.2, 0.25) is 0 Å². The molecule has 0 unspecified atom stereocenters. The minimum absolute atomic E-state index is 0. The first kappa shape index (κ1) is 8.65. The second-order valence-electron chi connectivity index (χ2n) is 1.20. The SMILES string of the molecule is O=C1C=NC=NC1.[H-].[K+]. The third-order valence-corrected chi connectivity index (χ3v) is 0.614. The molecule has 0 aromatic heterocycles. The molecular weight excluding hydrogens is 131 g/mol. The van der Waals surface area contributed by atoms with Gasteiger partial charge in [-0.25, -0.2) is 4.99 Å². The summed E-state index contributed by atoms with van der Waals surface area (Å²) in [7, 11) is 0. The van der Waals surface area contributed by atoms with Crippen LogP contribution in [0.15, 0.2) is 9.98 Å². The Labute approximate surface area is 91.2 Å². The first-order valence-electron chi connectivity index (χ1n) is 1.94. The van der Waals surface area contributed by atoms with Crippen molar-refractivity contribution in [1.82, 2.24) is 0 Å². The zero-order chi connectivity index (χ0) is 5.11. The Hall–Kier alpha value is 0.646. The predicted octanol–water partition coefficient (Wildman–Crippen LogP) is -3.22. The van der Waals surface area contributed by atoms with E-state index in [-0.39, 0.29) is 65.1 Å². The van der Waals surface area contributed by atoms with Crippen molar-refractivity contribution in [2.45, 2.75) is 0 Å². The summed E-state index contributed by atoms with van der Waals surface area (Å²) in [6.07, 6.45) is 2.65. The van der Waals surface area contributed by atoms with E-state index in [0.29, 0.717) is 0 Å². The molecule has 4 heteroatoms. The molecular formula is C4H5KN2O. The third-order valence-electron chi connectivity index (χ3n) is 0.614. The van der Waals surface area contributed by atoms with E-state index in [1.807, 2.05) is 0 Å². The van der Waals surface area contributed by atoms with Crippen molar-refractivity contribution in [1.29, 1.82) is 0 Å². The molecule has 1 aliphatic heterocycles. The van der Waals surface area contributed by atoms with Crippen LogP contribution in [0, 0.1) is 0 Å². The molecule has 0 aromatic carbocycles. The summed E-state index contributed by atoms with van der Waals surface area (Å²) in [4.78, 5) is 17.3. The molecule has 0 aromatic rings. The molecule has 0 saturated heterocycles. The molecule has 0 N–H and O–H groups in total. The molecule has 1 aliphatic rings. The van der Waals surface area contributed by atoms with Crippen LogP contribution in [0.5, 0.6) is 0 Å². The molecule has 0 fully saturated rings. The van der Waals surface area contributed by atoms with Gasteiger partial charge in [-0.15, -0.1) is 0 Å². The first-order valence-corrected chi connectivity index (χ1v) is 1.94. The van der Waals surface area contributed by atoms with Gasteiger partial charge in [0.15, 0.2) is 5.78 Å². The van der Waals surface area contributed by atoms with Crippen molar-refractivity contribution in [3.63, 3.8) is 0 Å². The molecule has 1 rings (SSSR count). The van der Waals surface area contributed by atoms with Gasteiger partial charge in [0, 0.05) is 0 Å². The molecule has 8 heavy (non-hydrogen) atoms. The summed E-state index contributed by atoms with van der Waals surface area (Å²) < 4.78 is 0. The van der Waals surface area contributed by atoms with Crippen LogP contribution in [0.1, 0.15) is 1.43 Å². The van der Waals surface area contributed by atoms with Crippen molar-refractivity contribution >= 4 is 18.3 Å². The van der Waals surface area contributed by atoms with E-state index in [0.717, 1.165) is 0 Å². The molecule has 38 valence electrons. The Kier molecular flexibility index (Phi) is 4.88. The third kappa shape index (κ3) is 2.83. The number of aliphatic imine (C=N–C) groups is 2. The number of rotatable bonds is 0. The fourth-order valence-electron chi connectivity index (χ4n) is 0.335. The Morgan fingerprint density at radius 3 is 2.75 bits per heavy atom. The van der Waals surface area contributed by atoms with Gasteiger partial charge in [-0.3, -0.25) is 9.79 Å². The zero-order valence-electron chi connectivity index (χ0n) is 5.66. The van der Waals surface area contributed by atoms with Crippen LogP contribution in [-0.4, -0.2) is 24.9 Å². The molecule has 0 saturated carbocycles. The normalized spacial score (nSPS) is 15.8. The van der Waals surface area contributed by atoms with E-state index in [1.54, 1.807) is 0 Å². The van der Waals surface area contributed by atoms with E-state index >= 15 is 0 Å². The second kappa shape index (κ2) is 4.52. The molecule has 3 nitrogen and oxygen atoms in total. The van der Waals surface area contributed by atoms with Crippen LogP contribution in [0.4, 0.5) is 0 Å². The number of hydrogen-bond donors (Lipinski definition) is 0. The summed E-state index contributed by atoms with van der Waals surface area (Å²) in [5, 5.41) is 0. The van der Waals surface area contributed by atoms with Gasteiger partial charge in [-0.2, -0.15) is 0 Å². The summed E-state index contributed by atoms with van der Waals surface area (Å²) >= 11 is 0. The van der Waals surface area contributed by atoms with Crippen LogP contribution >= 0.6 is 0 Å². The largest absolute Gasteiger partial charge is 1.00 e. The van der Waals surface area contributed by atoms with Gasteiger partial charge in [-0.05, 0) is 0 Å². The van der Waals surface area contributed by atoms with Crippen molar-refractivity contribution in [2.24, 2.45) is 9.98 Å². The molecule has 0 radical (unpaired) electrons. The van der Waals surface area contributed by atoms with E-state index in [1.165, 1.54) is 12.6 Å². The topological polar surface area (TPSA) is 41.8 Å². The van der Waals surface area contributed by atoms with E-state index < -0.39 is 0 Å². The number of carbonyl (C=O) groups is 1. The smallest absolute Gasteiger partial charge is 1.00 e. The summed E-state index contributed by atoms with van der Waals surface area (Å²) in [6.45, 7) is 0.267. The quantitative estimate of drug-likeness (QED) is 0.323. The average Bonchev–Trinajstić information content (AvgIpc) is 1.69. The molecule has 0 spiro atoms. The Morgan fingerprint density at radius 2 is 2.50 bits per heavy atom. The van der Waals surface area contributed by atoms with Crippen molar-refractivity contribution in [3.05, 3.63) is 0 Å². The summed E-state index contributed by atoms with van der Waals surface area (Å²) in [6, 6.07) is 0. The predicted molar refractivity (Wildman–Crippen MR) is 28.0 cm³/mol. The Balaban J connectivity index is 0. The van der Waals surface area contributed by atoms with Crippen molar-refractivity contribution < 1.29 is 57.6 Å². The summed E-state index contributed by atoms with van der Waals surface area (Å²) in [5.41, 5.74) is 0. The van der Waals surface area contributed by atoms with Crippen molar-refractivity contribution in [2.75, 3.05) is 6.54 Å². The maximum Gasteiger partial charge on any atom is 1.00 e. The average molecular weight is 136 g/mol. The minimum atomic E-state index is -0.0255. The first-order chi connectivity index (χ1) is 3.39. The fourth-order valence-corrected chi connectivity index (χ4v) is 0.335. The van der Waals surface area contributed by atoms with Crippen LogP contribution < -0.4 is 51.4 Å². The van der Waals surface area contributed by atoms with Gasteiger partial charge in [0.2, 0.25) is 0 Å². The zero-order valence-corrected chi connectivity index (χ0v) is 7.79. The van der Waals surface area contributed by atoms with Crippen molar-refractivity contribution in [3.8, 4) is 0 Å². The Bertz CT molecular complexity index is 146. The molecule has 0 amide bonds. The number of nitrogens with zero attached hydrogens (tertiary/aromatic N) is 2. The number of ketones is 1. The molecule has 0 atom stereocenters. The van der Waals surface area contributed by atoms with Crippen LogP contribution in [0.3, 0.4) is 0 Å². The summed E-state index contributed by atoms with van der Waals surface area (Å²) in [5.74, 6) is -0.0255. The molecule has 0 aliphatic carbocycles. The maximum atomic E-state index is 10.2. The van der Waals surface area contributed by atoms with Gasteiger partial charge in [-0.1, -0.05) is 0 Å². The molecule has 0 bridgehead atoms. The number of carbonyl (C=O) groups excluding carboxylic acids is 1. The monoisotopic (exact) mass is 136 g/mol. The second-order valence-corrected chi connectivity index (χ2v) is 1.20. The van der Waals surface area contributed by atoms with Crippen LogP contribution in [0.25, 0.3) is 0 Å². The Morgan fingerprint density at radius 1 is 1.75 bits per heavy atom. The van der Waals surface area contributed by atoms with Gasteiger partial charge < -0.3 is 1.43 Å². The standard InChI is InChI=1S/C4H4N2O.K.H/c7-4-1-5-3-6-2-4;;/h1,3H,2H2;;/q;+1;-1. The maximum absolute atomic E-state index is 10.2. The van der Waals surface area contributed by atoms with E-state index in [4.69, 9.17) is 0 Å². The van der Waals surface area contributed by atoms with Gasteiger partial charge in [0.25, 0.3) is 0 Å². The number of hydrogen-bond acceptors (Lipinski definition) is 3. The fraction of sp³-hybridized carbons (Fsp3) is 0.250. The van der Waals surface area contributed by atoms with Gasteiger partial charge >= 0.3 is 51.4 Å². The molecule has 1 heterocycles. The number of Topliss-reactive ketones (excluding diaryl/α,β-unsaturated/α-hetero) is 1. The van der Waals surface area contributed by atoms with Crippen LogP contribution in [-0.2, 0) is 4.79 Å². The van der Waals surface area contributed by atoms with Gasteiger partial charge in [0.1, 0.15) is 12.9 Å². The van der Waals surface area contributed by atoms with E-state index in [2.05, 4.69) is 9.98 Å².